The fourth-order valence-corrected chi connectivity index (χ4v) is 2.67. The second-order valence-electron chi connectivity index (χ2n) is 4.16. The third-order valence-corrected chi connectivity index (χ3v) is 3.95. The fraction of sp³-hybridized carbons (Fsp3) is 0.462. The number of amides is 1. The minimum absolute atomic E-state index is 0.236. The van der Waals surface area contributed by atoms with Crippen LogP contribution >= 0.6 is 11.8 Å². The van der Waals surface area contributed by atoms with E-state index in [0.717, 1.165) is 0 Å². The van der Waals surface area contributed by atoms with E-state index in [2.05, 4.69) is 43.4 Å². The average molecular weight is 252 g/mol. The molecule has 2 atom stereocenters. The van der Waals surface area contributed by atoms with Gasteiger partial charge in [0.05, 0.1) is 5.75 Å². The van der Waals surface area contributed by atoms with Gasteiger partial charge in [0.2, 0.25) is 5.91 Å². The van der Waals surface area contributed by atoms with Crippen LogP contribution in [0.2, 0.25) is 0 Å². The SMILES string of the molecule is CNC(c1ccc(C)cc1)C(C)SCC(N)=O. The van der Waals surface area contributed by atoms with Gasteiger partial charge in [0.1, 0.15) is 0 Å². The van der Waals surface area contributed by atoms with Crippen LogP contribution in [0.15, 0.2) is 24.3 Å². The Hall–Kier alpha value is -1.00. The van der Waals surface area contributed by atoms with Crippen LogP contribution in [0.3, 0.4) is 0 Å². The standard InChI is InChI=1S/C13H20N2OS/c1-9-4-6-11(7-5-9)13(15-3)10(2)17-8-12(14)16/h4-7,10,13,15H,8H2,1-3H3,(H2,14,16). The van der Waals surface area contributed by atoms with E-state index in [9.17, 15) is 4.79 Å². The van der Waals surface area contributed by atoms with Crippen LogP contribution in [0.4, 0.5) is 0 Å². The van der Waals surface area contributed by atoms with Crippen LogP contribution in [-0.4, -0.2) is 24.0 Å². The summed E-state index contributed by atoms with van der Waals surface area (Å²) >= 11 is 1.58. The summed E-state index contributed by atoms with van der Waals surface area (Å²) in [5.74, 6) is 0.103. The first-order chi connectivity index (χ1) is 8.04. The maximum atomic E-state index is 10.8. The number of thioether (sulfide) groups is 1. The highest BCUT2D eigenvalue weighted by Gasteiger charge is 2.18. The molecule has 0 bridgehead atoms. The lowest BCUT2D eigenvalue weighted by molar-refractivity contribution is -0.115. The molecule has 0 radical (unpaired) electrons. The largest absolute Gasteiger partial charge is 0.369 e. The van der Waals surface area contributed by atoms with Gasteiger partial charge in [-0.25, -0.2) is 0 Å². The van der Waals surface area contributed by atoms with Gasteiger partial charge in [0.25, 0.3) is 0 Å². The number of primary amides is 1. The van der Waals surface area contributed by atoms with Crippen molar-refractivity contribution in [1.29, 1.82) is 0 Å². The van der Waals surface area contributed by atoms with Crippen molar-refractivity contribution in [2.75, 3.05) is 12.8 Å². The second-order valence-corrected chi connectivity index (χ2v) is 5.53. The molecule has 0 aliphatic rings. The molecule has 0 aliphatic carbocycles. The van der Waals surface area contributed by atoms with Gasteiger partial charge in [-0.05, 0) is 19.5 Å². The summed E-state index contributed by atoms with van der Waals surface area (Å²) in [6, 6.07) is 8.69. The molecule has 0 spiro atoms. The van der Waals surface area contributed by atoms with E-state index in [1.807, 2.05) is 7.05 Å². The molecule has 3 N–H and O–H groups in total. The highest BCUT2D eigenvalue weighted by molar-refractivity contribution is 8.00. The average Bonchev–Trinajstić information content (AvgIpc) is 2.30. The lowest BCUT2D eigenvalue weighted by atomic mass is 10.0. The Kier molecular flexibility index (Phi) is 5.51. The Bertz CT molecular complexity index is 364. The van der Waals surface area contributed by atoms with E-state index >= 15 is 0 Å². The Morgan fingerprint density at radius 3 is 2.47 bits per heavy atom. The third kappa shape index (κ3) is 4.40. The van der Waals surface area contributed by atoms with Crippen LogP contribution < -0.4 is 11.1 Å². The quantitative estimate of drug-likeness (QED) is 0.812. The normalized spacial score (nSPS) is 14.3. The van der Waals surface area contributed by atoms with Gasteiger partial charge in [-0.2, -0.15) is 0 Å². The van der Waals surface area contributed by atoms with E-state index in [4.69, 9.17) is 5.73 Å². The van der Waals surface area contributed by atoms with Gasteiger partial charge in [-0.1, -0.05) is 36.8 Å². The smallest absolute Gasteiger partial charge is 0.227 e. The van der Waals surface area contributed by atoms with Gasteiger partial charge in [0.15, 0.2) is 0 Å². The fourth-order valence-electron chi connectivity index (χ4n) is 1.76. The summed E-state index contributed by atoms with van der Waals surface area (Å²) < 4.78 is 0. The van der Waals surface area contributed by atoms with Crippen molar-refractivity contribution < 1.29 is 4.79 Å². The predicted octanol–water partition coefficient (Wildman–Crippen LogP) is 1.86. The molecular weight excluding hydrogens is 232 g/mol. The summed E-state index contributed by atoms with van der Waals surface area (Å²) in [5, 5.41) is 3.59. The number of hydrogen-bond acceptors (Lipinski definition) is 3. The zero-order valence-electron chi connectivity index (χ0n) is 10.6. The molecule has 0 saturated carbocycles. The molecule has 1 rings (SSSR count). The molecule has 17 heavy (non-hydrogen) atoms. The Labute approximate surface area is 107 Å². The molecule has 0 saturated heterocycles. The molecular formula is C13H20N2OS. The van der Waals surface area contributed by atoms with Crippen LogP contribution in [-0.2, 0) is 4.79 Å². The number of nitrogens with two attached hydrogens (primary N) is 1. The molecule has 1 aromatic carbocycles. The third-order valence-electron chi connectivity index (χ3n) is 2.71. The van der Waals surface area contributed by atoms with E-state index < -0.39 is 0 Å². The Balaban J connectivity index is 2.69. The molecule has 0 aromatic heterocycles. The van der Waals surface area contributed by atoms with Crippen LogP contribution in [0.5, 0.6) is 0 Å². The number of nitrogens with one attached hydrogen (secondary N) is 1. The molecule has 3 nitrogen and oxygen atoms in total. The van der Waals surface area contributed by atoms with Gasteiger partial charge < -0.3 is 11.1 Å². The summed E-state index contributed by atoms with van der Waals surface area (Å²) in [7, 11) is 1.94. The maximum Gasteiger partial charge on any atom is 0.227 e. The van der Waals surface area contributed by atoms with Crippen molar-refractivity contribution in [2.45, 2.75) is 25.1 Å². The highest BCUT2D eigenvalue weighted by Crippen LogP contribution is 2.26. The molecule has 4 heteroatoms. The first-order valence-corrected chi connectivity index (χ1v) is 6.73. The number of aryl methyl sites for hydroxylation is 1. The lowest BCUT2D eigenvalue weighted by Crippen LogP contribution is -2.27. The van der Waals surface area contributed by atoms with E-state index in [1.54, 1.807) is 11.8 Å². The Morgan fingerprint density at radius 2 is 2.00 bits per heavy atom. The first kappa shape index (κ1) is 14.1. The minimum atomic E-state index is -0.263. The van der Waals surface area contributed by atoms with Crippen LogP contribution in [0, 0.1) is 6.92 Å². The molecule has 1 amide bonds. The van der Waals surface area contributed by atoms with E-state index in [-0.39, 0.29) is 11.9 Å². The summed E-state index contributed by atoms with van der Waals surface area (Å²) in [6.45, 7) is 4.18. The van der Waals surface area contributed by atoms with Gasteiger partial charge in [-0.3, -0.25) is 4.79 Å². The monoisotopic (exact) mass is 252 g/mol. The van der Waals surface area contributed by atoms with Gasteiger partial charge in [0, 0.05) is 11.3 Å². The van der Waals surface area contributed by atoms with Crippen LogP contribution in [0.1, 0.15) is 24.1 Å². The number of hydrogen-bond donors (Lipinski definition) is 2. The van der Waals surface area contributed by atoms with Crippen LogP contribution in [0.25, 0.3) is 0 Å². The first-order valence-electron chi connectivity index (χ1n) is 5.68. The number of benzene rings is 1. The van der Waals surface area contributed by atoms with Crippen molar-refractivity contribution in [3.63, 3.8) is 0 Å². The number of carbonyl (C=O) groups is 1. The van der Waals surface area contributed by atoms with Crippen molar-refractivity contribution in [3.05, 3.63) is 35.4 Å². The van der Waals surface area contributed by atoms with Crippen molar-refractivity contribution in [2.24, 2.45) is 5.73 Å². The number of rotatable bonds is 6. The Morgan fingerprint density at radius 1 is 1.41 bits per heavy atom. The van der Waals surface area contributed by atoms with E-state index in [0.29, 0.717) is 11.0 Å². The highest BCUT2D eigenvalue weighted by atomic mass is 32.2. The predicted molar refractivity (Wildman–Crippen MR) is 74.1 cm³/mol. The van der Waals surface area contributed by atoms with Crippen molar-refractivity contribution >= 4 is 17.7 Å². The zero-order chi connectivity index (χ0) is 12.8. The van der Waals surface area contributed by atoms with Gasteiger partial charge in [-0.15, -0.1) is 11.8 Å². The molecule has 94 valence electrons. The zero-order valence-corrected chi connectivity index (χ0v) is 11.4. The van der Waals surface area contributed by atoms with E-state index in [1.165, 1.54) is 11.1 Å². The van der Waals surface area contributed by atoms with Crippen molar-refractivity contribution in [1.82, 2.24) is 5.32 Å². The molecule has 0 heterocycles. The summed E-state index contributed by atoms with van der Waals surface area (Å²) in [4.78, 5) is 10.8. The number of carbonyl (C=O) groups excluding carboxylic acids is 1. The summed E-state index contributed by atoms with van der Waals surface area (Å²) in [5.41, 5.74) is 7.65. The maximum absolute atomic E-state index is 10.8. The minimum Gasteiger partial charge on any atom is -0.369 e. The summed E-state index contributed by atoms with van der Waals surface area (Å²) in [6.07, 6.45) is 0. The lowest BCUT2D eigenvalue weighted by Gasteiger charge is -2.23. The van der Waals surface area contributed by atoms with Gasteiger partial charge >= 0.3 is 0 Å². The topological polar surface area (TPSA) is 55.1 Å². The molecule has 2 unspecified atom stereocenters. The molecule has 0 fully saturated rings. The second kappa shape index (κ2) is 6.67. The molecule has 1 aromatic rings. The molecule has 0 aliphatic heterocycles. The van der Waals surface area contributed by atoms with Crippen molar-refractivity contribution in [3.8, 4) is 0 Å².